The molecule has 25 heavy (non-hydrogen) atoms. The first-order valence-corrected chi connectivity index (χ1v) is 8.65. The van der Waals surface area contributed by atoms with E-state index in [1.165, 1.54) is 5.32 Å². The van der Waals surface area contributed by atoms with Gasteiger partial charge in [-0.05, 0) is 12.1 Å². The topological polar surface area (TPSA) is 114 Å². The lowest BCUT2D eigenvalue weighted by atomic mass is 10.1. The SMILES string of the molecule is O=C1NC(=O)c2c1ccc(S(=O)(=O)C(F)(F)F)c2S(=O)(=O)C(F)(F)F. The number of sulfone groups is 2. The van der Waals surface area contributed by atoms with Gasteiger partial charge in [-0.2, -0.15) is 26.3 Å². The number of imide groups is 1. The predicted octanol–water partition coefficient (Wildman–Crippen LogP) is 1.16. The number of alkyl halides is 6. The minimum atomic E-state index is -6.72. The summed E-state index contributed by atoms with van der Waals surface area (Å²) in [5.74, 6) is -3.17. The van der Waals surface area contributed by atoms with Crippen LogP contribution in [0.5, 0.6) is 0 Å². The molecule has 0 saturated heterocycles. The van der Waals surface area contributed by atoms with Gasteiger partial charge in [-0.15, -0.1) is 0 Å². The van der Waals surface area contributed by atoms with Crippen molar-refractivity contribution in [1.82, 2.24) is 5.32 Å². The molecule has 138 valence electrons. The van der Waals surface area contributed by atoms with Crippen molar-refractivity contribution < 1.29 is 52.8 Å². The molecule has 15 heteroatoms. The highest BCUT2D eigenvalue weighted by Gasteiger charge is 2.56. The van der Waals surface area contributed by atoms with Gasteiger partial charge >= 0.3 is 11.0 Å². The Kier molecular flexibility index (Phi) is 3.96. The van der Waals surface area contributed by atoms with E-state index in [0.29, 0.717) is 6.07 Å². The van der Waals surface area contributed by atoms with E-state index in [0.717, 1.165) is 0 Å². The summed E-state index contributed by atoms with van der Waals surface area (Å²) in [7, 11) is -13.3. The average molecular weight is 411 g/mol. The summed E-state index contributed by atoms with van der Waals surface area (Å²) >= 11 is 0. The Hall–Kier alpha value is -2.16. The highest BCUT2D eigenvalue weighted by atomic mass is 32.2. The first-order chi connectivity index (χ1) is 11.0. The zero-order chi connectivity index (χ0) is 19.6. The molecule has 1 aromatic rings. The van der Waals surface area contributed by atoms with Gasteiger partial charge in [-0.1, -0.05) is 0 Å². The van der Waals surface area contributed by atoms with Gasteiger partial charge in [0.1, 0.15) is 4.90 Å². The summed E-state index contributed by atoms with van der Waals surface area (Å²) in [6.45, 7) is 0. The molecule has 0 atom stereocenters. The Balaban J connectivity index is 3.08. The van der Waals surface area contributed by atoms with Crippen LogP contribution in [-0.4, -0.2) is 39.7 Å². The number of carbonyl (C=O) groups is 2. The minimum Gasteiger partial charge on any atom is -0.288 e. The molecule has 1 aromatic carbocycles. The summed E-state index contributed by atoms with van der Waals surface area (Å²) < 4.78 is 123. The lowest BCUT2D eigenvalue weighted by Gasteiger charge is -2.16. The first kappa shape index (κ1) is 19.2. The molecule has 1 aliphatic rings. The summed E-state index contributed by atoms with van der Waals surface area (Å²) in [4.78, 5) is 18.2. The molecule has 0 spiro atoms. The van der Waals surface area contributed by atoms with E-state index >= 15 is 0 Å². The molecule has 1 N–H and O–H groups in total. The zero-order valence-corrected chi connectivity index (χ0v) is 12.8. The van der Waals surface area contributed by atoms with Crippen molar-refractivity contribution in [3.8, 4) is 0 Å². The normalized spacial score (nSPS) is 15.9. The molecule has 0 aliphatic carbocycles. The van der Waals surface area contributed by atoms with E-state index in [2.05, 4.69) is 0 Å². The fourth-order valence-corrected chi connectivity index (χ4v) is 4.47. The molecule has 0 radical (unpaired) electrons. The van der Waals surface area contributed by atoms with Crippen LogP contribution in [0.25, 0.3) is 0 Å². The number of nitrogens with one attached hydrogen (secondary N) is 1. The fourth-order valence-electron chi connectivity index (χ4n) is 1.93. The van der Waals surface area contributed by atoms with Crippen LogP contribution in [0.1, 0.15) is 20.7 Å². The van der Waals surface area contributed by atoms with Crippen molar-refractivity contribution in [1.29, 1.82) is 0 Å². The number of rotatable bonds is 2. The molecule has 0 bridgehead atoms. The Bertz CT molecular complexity index is 1010. The van der Waals surface area contributed by atoms with Gasteiger partial charge in [-0.3, -0.25) is 14.9 Å². The zero-order valence-electron chi connectivity index (χ0n) is 11.2. The van der Waals surface area contributed by atoms with Crippen molar-refractivity contribution in [2.24, 2.45) is 0 Å². The van der Waals surface area contributed by atoms with Crippen molar-refractivity contribution in [3.05, 3.63) is 23.3 Å². The third kappa shape index (κ3) is 2.66. The van der Waals surface area contributed by atoms with Gasteiger partial charge in [0.25, 0.3) is 31.5 Å². The second-order valence-corrected chi connectivity index (χ2v) is 8.28. The maximum Gasteiger partial charge on any atom is 0.501 e. The van der Waals surface area contributed by atoms with Gasteiger partial charge in [0.05, 0.1) is 16.0 Å². The Morgan fingerprint density at radius 2 is 1.24 bits per heavy atom. The second kappa shape index (κ2) is 5.17. The molecule has 0 unspecified atom stereocenters. The molecule has 0 aromatic heterocycles. The molecular formula is C10H3F6NO6S2. The molecule has 2 rings (SSSR count). The number of halogens is 6. The van der Waals surface area contributed by atoms with E-state index in [9.17, 15) is 52.8 Å². The van der Waals surface area contributed by atoms with Crippen molar-refractivity contribution in [2.45, 2.75) is 20.8 Å². The van der Waals surface area contributed by atoms with Gasteiger partial charge in [-0.25, -0.2) is 16.8 Å². The number of hydrogen-bond donors (Lipinski definition) is 1. The summed E-state index contributed by atoms with van der Waals surface area (Å²) in [6, 6.07) is 0.183. The Morgan fingerprint density at radius 3 is 1.68 bits per heavy atom. The smallest absolute Gasteiger partial charge is 0.288 e. The number of hydrogen-bond acceptors (Lipinski definition) is 6. The lowest BCUT2D eigenvalue weighted by molar-refractivity contribution is -0.0456. The van der Waals surface area contributed by atoms with Gasteiger partial charge in [0.2, 0.25) is 0 Å². The lowest BCUT2D eigenvalue weighted by Crippen LogP contribution is -2.31. The minimum absolute atomic E-state index is 0.127. The summed E-state index contributed by atoms with van der Waals surface area (Å²) in [6.07, 6.45) is 0. The van der Waals surface area contributed by atoms with Gasteiger partial charge in [0.15, 0.2) is 0 Å². The van der Waals surface area contributed by atoms with E-state index < -0.39 is 63.4 Å². The molecule has 1 heterocycles. The van der Waals surface area contributed by atoms with Gasteiger partial charge in [0, 0.05) is 0 Å². The number of fused-ring (bicyclic) bond motifs is 1. The van der Waals surface area contributed by atoms with E-state index in [-0.39, 0.29) is 6.07 Å². The quantitative estimate of drug-likeness (QED) is 0.577. The molecule has 0 fully saturated rings. The van der Waals surface area contributed by atoms with E-state index in [1.54, 1.807) is 0 Å². The number of carbonyl (C=O) groups excluding carboxylic acids is 2. The maximum absolute atomic E-state index is 12.8. The molecular weight excluding hydrogens is 408 g/mol. The van der Waals surface area contributed by atoms with Gasteiger partial charge < -0.3 is 0 Å². The van der Waals surface area contributed by atoms with Crippen LogP contribution in [0.2, 0.25) is 0 Å². The van der Waals surface area contributed by atoms with Crippen LogP contribution in [0.4, 0.5) is 26.3 Å². The molecule has 2 amide bonds. The monoisotopic (exact) mass is 411 g/mol. The fraction of sp³-hybridized carbons (Fsp3) is 0.200. The van der Waals surface area contributed by atoms with Crippen molar-refractivity contribution >= 4 is 31.5 Å². The van der Waals surface area contributed by atoms with Crippen LogP contribution < -0.4 is 5.32 Å². The first-order valence-electron chi connectivity index (χ1n) is 5.69. The van der Waals surface area contributed by atoms with Crippen molar-refractivity contribution in [2.75, 3.05) is 0 Å². The Labute approximate surface area is 134 Å². The maximum atomic E-state index is 12.8. The average Bonchev–Trinajstić information content (AvgIpc) is 2.70. The Morgan fingerprint density at radius 1 is 0.760 bits per heavy atom. The third-order valence-electron chi connectivity index (χ3n) is 2.99. The highest BCUT2D eigenvalue weighted by Crippen LogP contribution is 2.42. The van der Waals surface area contributed by atoms with Crippen LogP contribution in [0.3, 0.4) is 0 Å². The number of amides is 2. The summed E-state index contributed by atoms with van der Waals surface area (Å²) in [5.41, 5.74) is -15.0. The van der Waals surface area contributed by atoms with E-state index in [4.69, 9.17) is 0 Å². The second-order valence-electron chi connectivity index (χ2n) is 4.50. The van der Waals surface area contributed by atoms with Crippen molar-refractivity contribution in [3.63, 3.8) is 0 Å². The summed E-state index contributed by atoms with van der Waals surface area (Å²) in [5, 5.41) is 1.38. The van der Waals surface area contributed by atoms with Crippen LogP contribution in [-0.2, 0) is 19.7 Å². The molecule has 1 aliphatic heterocycles. The van der Waals surface area contributed by atoms with E-state index in [1.807, 2.05) is 0 Å². The standard InChI is InChI=1S/C10H3F6NO6S2/c11-9(12,13)24(20,21)4-2-1-3-5(8(19)17-7(3)18)6(4)25(22,23)10(14,15)16/h1-2H,(H,17,18,19). The molecule has 7 nitrogen and oxygen atoms in total. The predicted molar refractivity (Wildman–Crippen MR) is 64.7 cm³/mol. The van der Waals surface area contributed by atoms with Crippen LogP contribution >= 0.6 is 0 Å². The largest absolute Gasteiger partial charge is 0.501 e. The highest BCUT2D eigenvalue weighted by molar-refractivity contribution is 7.95. The van der Waals surface area contributed by atoms with Crippen LogP contribution in [0, 0.1) is 0 Å². The number of benzene rings is 1. The molecule has 0 saturated carbocycles. The van der Waals surface area contributed by atoms with Crippen LogP contribution in [0.15, 0.2) is 21.9 Å². The third-order valence-corrected chi connectivity index (χ3v) is 6.22.